The van der Waals surface area contributed by atoms with E-state index in [1.54, 1.807) is 12.4 Å². The number of aromatic nitrogens is 6. The molecule has 5 rings (SSSR count). The third kappa shape index (κ3) is 4.03. The fourth-order valence-electron chi connectivity index (χ4n) is 3.17. The molecule has 0 bridgehead atoms. The number of nitrogens with zero attached hydrogens (tertiary/aromatic N) is 5. The quantitative estimate of drug-likeness (QED) is 0.398. The Morgan fingerprint density at radius 2 is 1.84 bits per heavy atom. The third-order valence-corrected chi connectivity index (χ3v) is 5.48. The lowest BCUT2D eigenvalue weighted by Crippen LogP contribution is -2.15. The molecule has 0 spiro atoms. The Labute approximate surface area is 181 Å². The number of thioether (sulfide) groups is 1. The van der Waals surface area contributed by atoms with Gasteiger partial charge in [0, 0.05) is 23.6 Å². The highest BCUT2D eigenvalue weighted by molar-refractivity contribution is 7.99. The number of H-pyrrole nitrogens is 1. The molecule has 5 aromatic rings. The van der Waals surface area contributed by atoms with Crippen LogP contribution in [0.15, 0.2) is 84.3 Å². The van der Waals surface area contributed by atoms with Gasteiger partial charge in [0.1, 0.15) is 0 Å². The lowest BCUT2D eigenvalue weighted by molar-refractivity contribution is -0.113. The van der Waals surface area contributed by atoms with Crippen LogP contribution in [0.5, 0.6) is 0 Å². The van der Waals surface area contributed by atoms with Crippen LogP contribution in [0, 0.1) is 0 Å². The van der Waals surface area contributed by atoms with Crippen LogP contribution in [0.1, 0.15) is 0 Å². The molecular weight excluding hydrogens is 410 g/mol. The van der Waals surface area contributed by atoms with E-state index in [2.05, 4.69) is 30.5 Å². The van der Waals surface area contributed by atoms with E-state index in [1.165, 1.54) is 11.8 Å². The smallest absolute Gasteiger partial charge is 0.237 e. The SMILES string of the molecule is O=C(CSc1nnc(-c2cccnc2)n1-c1ccccc1)Nc1nc2ccccc2[nH]1. The molecule has 3 heterocycles. The first-order valence-corrected chi connectivity index (χ1v) is 10.5. The van der Waals surface area contributed by atoms with Gasteiger partial charge >= 0.3 is 0 Å². The van der Waals surface area contributed by atoms with Crippen molar-refractivity contribution in [3.63, 3.8) is 0 Å². The number of carbonyl (C=O) groups is 1. The Morgan fingerprint density at radius 1 is 1.00 bits per heavy atom. The van der Waals surface area contributed by atoms with E-state index >= 15 is 0 Å². The maximum atomic E-state index is 12.5. The molecule has 31 heavy (non-hydrogen) atoms. The maximum absolute atomic E-state index is 12.5. The molecule has 0 saturated heterocycles. The van der Waals surface area contributed by atoms with E-state index in [0.717, 1.165) is 22.3 Å². The zero-order valence-corrected chi connectivity index (χ0v) is 17.1. The van der Waals surface area contributed by atoms with E-state index in [1.807, 2.05) is 71.3 Å². The number of benzene rings is 2. The molecule has 0 aliphatic carbocycles. The highest BCUT2D eigenvalue weighted by Gasteiger charge is 2.17. The minimum absolute atomic E-state index is 0.162. The summed E-state index contributed by atoms with van der Waals surface area (Å²) in [6.07, 6.45) is 3.46. The van der Waals surface area contributed by atoms with Gasteiger partial charge in [-0.15, -0.1) is 10.2 Å². The van der Waals surface area contributed by atoms with Crippen molar-refractivity contribution in [2.45, 2.75) is 5.16 Å². The molecule has 2 aromatic carbocycles. The zero-order chi connectivity index (χ0) is 21.0. The highest BCUT2D eigenvalue weighted by atomic mass is 32.2. The number of para-hydroxylation sites is 3. The number of carbonyl (C=O) groups excluding carboxylic acids is 1. The van der Waals surface area contributed by atoms with Crippen LogP contribution >= 0.6 is 11.8 Å². The summed E-state index contributed by atoms with van der Waals surface area (Å²) < 4.78 is 1.93. The normalized spacial score (nSPS) is 11.0. The number of hydrogen-bond acceptors (Lipinski definition) is 6. The van der Waals surface area contributed by atoms with Gasteiger partial charge in [0.2, 0.25) is 11.9 Å². The van der Waals surface area contributed by atoms with Crippen LogP contribution in [0.25, 0.3) is 28.1 Å². The average Bonchev–Trinajstić information content (AvgIpc) is 3.42. The van der Waals surface area contributed by atoms with E-state index < -0.39 is 0 Å². The van der Waals surface area contributed by atoms with Crippen LogP contribution in [0.2, 0.25) is 0 Å². The average molecular weight is 427 g/mol. The van der Waals surface area contributed by atoms with Crippen molar-refractivity contribution >= 4 is 34.7 Å². The summed E-state index contributed by atoms with van der Waals surface area (Å²) in [5.74, 6) is 1.07. The predicted molar refractivity (Wildman–Crippen MR) is 120 cm³/mol. The van der Waals surface area contributed by atoms with E-state index in [9.17, 15) is 4.79 Å². The van der Waals surface area contributed by atoms with Gasteiger partial charge in [0.15, 0.2) is 11.0 Å². The maximum Gasteiger partial charge on any atom is 0.237 e. The van der Waals surface area contributed by atoms with Gasteiger partial charge in [-0.1, -0.05) is 42.1 Å². The number of fused-ring (bicyclic) bond motifs is 1. The number of pyridine rings is 1. The molecule has 0 aliphatic rings. The Bertz CT molecular complexity index is 1300. The number of nitrogens with one attached hydrogen (secondary N) is 2. The minimum Gasteiger partial charge on any atom is -0.324 e. The van der Waals surface area contributed by atoms with Gasteiger partial charge < -0.3 is 4.98 Å². The molecule has 3 aromatic heterocycles. The molecule has 0 fully saturated rings. The number of imidazole rings is 1. The van der Waals surface area contributed by atoms with Crippen molar-refractivity contribution < 1.29 is 4.79 Å². The van der Waals surface area contributed by atoms with Crippen molar-refractivity contribution in [1.82, 2.24) is 29.7 Å². The molecule has 0 aliphatic heterocycles. The van der Waals surface area contributed by atoms with E-state index in [-0.39, 0.29) is 11.7 Å². The fourth-order valence-corrected chi connectivity index (χ4v) is 3.92. The summed E-state index contributed by atoms with van der Waals surface area (Å²) in [5.41, 5.74) is 3.43. The van der Waals surface area contributed by atoms with E-state index in [0.29, 0.717) is 16.9 Å². The van der Waals surface area contributed by atoms with Gasteiger partial charge in [0.25, 0.3) is 0 Å². The Morgan fingerprint density at radius 3 is 2.65 bits per heavy atom. The molecule has 9 heteroatoms. The number of amides is 1. The topological polar surface area (TPSA) is 101 Å². The molecule has 2 N–H and O–H groups in total. The first kappa shape index (κ1) is 19.0. The summed E-state index contributed by atoms with van der Waals surface area (Å²) in [4.78, 5) is 24.2. The summed E-state index contributed by atoms with van der Waals surface area (Å²) in [6.45, 7) is 0. The zero-order valence-electron chi connectivity index (χ0n) is 16.3. The Hall–Kier alpha value is -3.98. The van der Waals surface area contributed by atoms with Gasteiger partial charge in [-0.25, -0.2) is 4.98 Å². The van der Waals surface area contributed by atoms with Gasteiger partial charge in [-0.2, -0.15) is 0 Å². The second kappa shape index (κ2) is 8.41. The van der Waals surface area contributed by atoms with Crippen molar-refractivity contribution in [3.05, 3.63) is 79.1 Å². The molecule has 0 saturated carbocycles. The number of rotatable bonds is 6. The van der Waals surface area contributed by atoms with Crippen LogP contribution < -0.4 is 5.32 Å². The second-order valence-corrected chi connectivity index (χ2v) is 7.60. The number of anilines is 1. The van der Waals surface area contributed by atoms with Gasteiger partial charge in [0.05, 0.1) is 16.8 Å². The largest absolute Gasteiger partial charge is 0.324 e. The Balaban J connectivity index is 1.37. The highest BCUT2D eigenvalue weighted by Crippen LogP contribution is 2.27. The first-order valence-electron chi connectivity index (χ1n) is 9.56. The van der Waals surface area contributed by atoms with Crippen molar-refractivity contribution in [2.24, 2.45) is 0 Å². The summed E-state index contributed by atoms with van der Waals surface area (Å²) in [6, 6.07) is 21.2. The van der Waals surface area contributed by atoms with Crippen molar-refractivity contribution in [2.75, 3.05) is 11.1 Å². The molecule has 8 nitrogen and oxygen atoms in total. The summed E-state index contributed by atoms with van der Waals surface area (Å²) in [5, 5.41) is 12.1. The summed E-state index contributed by atoms with van der Waals surface area (Å²) in [7, 11) is 0. The summed E-state index contributed by atoms with van der Waals surface area (Å²) >= 11 is 1.31. The third-order valence-electron chi connectivity index (χ3n) is 4.55. The predicted octanol–water partition coefficient (Wildman–Crippen LogP) is 3.94. The van der Waals surface area contributed by atoms with Crippen LogP contribution in [-0.2, 0) is 4.79 Å². The first-order chi connectivity index (χ1) is 15.3. The Kier molecular flexibility index (Phi) is 5.16. The molecule has 1 amide bonds. The van der Waals surface area contributed by atoms with Crippen molar-refractivity contribution in [3.8, 4) is 17.1 Å². The lowest BCUT2D eigenvalue weighted by atomic mass is 10.2. The lowest BCUT2D eigenvalue weighted by Gasteiger charge is -2.10. The monoisotopic (exact) mass is 427 g/mol. The number of hydrogen-bond donors (Lipinski definition) is 2. The molecule has 0 atom stereocenters. The molecular formula is C22H17N7OS. The van der Waals surface area contributed by atoms with Crippen LogP contribution in [-0.4, -0.2) is 41.4 Å². The van der Waals surface area contributed by atoms with Crippen LogP contribution in [0.3, 0.4) is 0 Å². The number of aromatic amines is 1. The van der Waals surface area contributed by atoms with Gasteiger partial charge in [-0.3, -0.25) is 19.7 Å². The van der Waals surface area contributed by atoms with Crippen LogP contribution in [0.4, 0.5) is 5.95 Å². The fraction of sp³-hybridized carbons (Fsp3) is 0.0455. The minimum atomic E-state index is -0.186. The molecule has 152 valence electrons. The standard InChI is InChI=1S/C22H17N7OS/c30-19(26-21-24-17-10-4-5-11-18(17)25-21)14-31-22-28-27-20(15-7-6-12-23-13-15)29(22)16-8-2-1-3-9-16/h1-13H,14H2,(H2,24,25,26,30). The molecule has 0 unspecified atom stereocenters. The molecule has 0 radical (unpaired) electrons. The van der Waals surface area contributed by atoms with Crippen molar-refractivity contribution in [1.29, 1.82) is 0 Å². The second-order valence-electron chi connectivity index (χ2n) is 6.66. The van der Waals surface area contributed by atoms with E-state index in [4.69, 9.17) is 0 Å². The van der Waals surface area contributed by atoms with Gasteiger partial charge in [-0.05, 0) is 36.4 Å².